The second kappa shape index (κ2) is 6.05. The summed E-state index contributed by atoms with van der Waals surface area (Å²) in [4.78, 5) is 11.3. The van der Waals surface area contributed by atoms with Gasteiger partial charge in [0.15, 0.2) is 0 Å². The van der Waals surface area contributed by atoms with Crippen molar-refractivity contribution < 1.29 is 4.79 Å². The first-order valence-electron chi connectivity index (χ1n) is 5.41. The van der Waals surface area contributed by atoms with Crippen molar-refractivity contribution in [3.05, 3.63) is 17.8 Å². The van der Waals surface area contributed by atoms with Gasteiger partial charge in [0.25, 0.3) is 0 Å². The predicted molar refractivity (Wildman–Crippen MR) is 63.2 cm³/mol. The van der Waals surface area contributed by atoms with Crippen molar-refractivity contribution in [2.45, 2.75) is 33.2 Å². The molecule has 0 aromatic carbocycles. The van der Waals surface area contributed by atoms with E-state index in [1.807, 2.05) is 32.9 Å². The van der Waals surface area contributed by atoms with Gasteiger partial charge in [0.2, 0.25) is 5.91 Å². The van der Waals surface area contributed by atoms with Crippen molar-refractivity contribution in [1.82, 2.24) is 15.5 Å². The van der Waals surface area contributed by atoms with Crippen molar-refractivity contribution in [1.29, 1.82) is 0 Å². The second-order valence-electron chi connectivity index (χ2n) is 3.96. The van der Waals surface area contributed by atoms with Gasteiger partial charge in [-0.25, -0.2) is 0 Å². The zero-order valence-corrected chi connectivity index (χ0v) is 9.95. The normalized spacial score (nSPS) is 10.2. The molecule has 1 aromatic rings. The molecule has 0 unspecified atom stereocenters. The summed E-state index contributed by atoms with van der Waals surface area (Å²) in [5.41, 5.74) is 0.878. The summed E-state index contributed by atoms with van der Waals surface area (Å²) in [5, 5.41) is 13.7. The monoisotopic (exact) mass is 222 g/mol. The Bertz CT molecular complexity index is 334. The highest BCUT2D eigenvalue weighted by molar-refractivity contribution is 5.76. The van der Waals surface area contributed by atoms with Gasteiger partial charge in [0, 0.05) is 19.0 Å². The maximum Gasteiger partial charge on any atom is 0.221 e. The molecule has 0 aliphatic heterocycles. The van der Waals surface area contributed by atoms with Crippen molar-refractivity contribution in [2.24, 2.45) is 0 Å². The molecule has 0 aliphatic carbocycles. The third-order valence-corrected chi connectivity index (χ3v) is 1.91. The smallest absolute Gasteiger partial charge is 0.221 e. The Hall–Kier alpha value is -1.65. The number of rotatable bonds is 5. The van der Waals surface area contributed by atoms with Crippen molar-refractivity contribution >= 4 is 11.7 Å². The molecule has 0 saturated carbocycles. The molecule has 0 radical (unpaired) electrons. The van der Waals surface area contributed by atoms with Gasteiger partial charge in [0.05, 0.1) is 5.69 Å². The summed E-state index contributed by atoms with van der Waals surface area (Å²) >= 11 is 0. The zero-order chi connectivity index (χ0) is 12.0. The molecule has 0 aliphatic rings. The lowest BCUT2D eigenvalue weighted by Crippen LogP contribution is -2.31. The number of nitrogens with one attached hydrogen (secondary N) is 2. The van der Waals surface area contributed by atoms with Gasteiger partial charge in [0.1, 0.15) is 5.82 Å². The highest BCUT2D eigenvalue weighted by Crippen LogP contribution is 2.00. The fraction of sp³-hybridized carbons (Fsp3) is 0.545. The summed E-state index contributed by atoms with van der Waals surface area (Å²) in [6.45, 7) is 6.33. The molecule has 0 fully saturated rings. The fourth-order valence-corrected chi connectivity index (χ4v) is 1.19. The number of aryl methyl sites for hydroxylation is 1. The minimum absolute atomic E-state index is 0.0440. The first kappa shape index (κ1) is 12.4. The van der Waals surface area contributed by atoms with Crippen molar-refractivity contribution in [3.63, 3.8) is 0 Å². The van der Waals surface area contributed by atoms with Gasteiger partial charge in [-0.3, -0.25) is 4.79 Å². The molecular weight excluding hydrogens is 204 g/mol. The highest BCUT2D eigenvalue weighted by Gasteiger charge is 2.02. The van der Waals surface area contributed by atoms with E-state index in [1.165, 1.54) is 0 Å². The average molecular weight is 222 g/mol. The number of aromatic nitrogens is 2. The first-order valence-corrected chi connectivity index (χ1v) is 5.41. The number of carbonyl (C=O) groups excluding carboxylic acids is 1. The van der Waals surface area contributed by atoms with Crippen LogP contribution in [0.5, 0.6) is 0 Å². The van der Waals surface area contributed by atoms with Gasteiger partial charge in [-0.15, -0.1) is 5.10 Å². The predicted octanol–water partition coefficient (Wildman–Crippen LogP) is 1.11. The Morgan fingerprint density at radius 1 is 1.38 bits per heavy atom. The molecule has 0 spiro atoms. The maximum atomic E-state index is 11.3. The summed E-state index contributed by atoms with van der Waals surface area (Å²) in [6.07, 6.45) is 0.438. The van der Waals surface area contributed by atoms with Gasteiger partial charge >= 0.3 is 0 Å². The van der Waals surface area contributed by atoms with E-state index >= 15 is 0 Å². The van der Waals surface area contributed by atoms with Gasteiger partial charge in [-0.1, -0.05) is 0 Å². The average Bonchev–Trinajstić information content (AvgIpc) is 2.20. The largest absolute Gasteiger partial charge is 0.368 e. The maximum absolute atomic E-state index is 11.3. The summed E-state index contributed by atoms with van der Waals surface area (Å²) in [7, 11) is 0. The van der Waals surface area contributed by atoms with Crippen LogP contribution in [0.1, 0.15) is 26.0 Å². The van der Waals surface area contributed by atoms with Gasteiger partial charge in [-0.05, 0) is 32.9 Å². The van der Waals surface area contributed by atoms with Crippen LogP contribution in [0.3, 0.4) is 0 Å². The molecular formula is C11H18N4O. The SMILES string of the molecule is Cc1ccc(NCCC(=O)NC(C)C)nn1. The standard InChI is InChI=1S/C11H18N4O/c1-8(2)13-11(16)6-7-12-10-5-4-9(3)14-15-10/h4-5,8H,6-7H2,1-3H3,(H,12,15)(H,13,16). The van der Waals surface area contributed by atoms with E-state index in [0.717, 1.165) is 5.69 Å². The van der Waals surface area contributed by atoms with E-state index in [2.05, 4.69) is 20.8 Å². The van der Waals surface area contributed by atoms with Gasteiger partial charge in [-0.2, -0.15) is 5.10 Å². The first-order chi connectivity index (χ1) is 7.58. The van der Waals surface area contributed by atoms with Crippen LogP contribution in [0.15, 0.2) is 12.1 Å². The molecule has 16 heavy (non-hydrogen) atoms. The molecule has 0 bridgehead atoms. The molecule has 0 saturated heterocycles. The van der Waals surface area contributed by atoms with Gasteiger partial charge < -0.3 is 10.6 Å². The molecule has 1 amide bonds. The quantitative estimate of drug-likeness (QED) is 0.783. The van der Waals surface area contributed by atoms with Crippen LogP contribution in [-0.4, -0.2) is 28.7 Å². The third kappa shape index (κ3) is 4.72. The Balaban J connectivity index is 2.25. The van der Waals surface area contributed by atoms with Crippen LogP contribution < -0.4 is 10.6 Å². The lowest BCUT2D eigenvalue weighted by molar-refractivity contribution is -0.121. The van der Waals surface area contributed by atoms with Crippen LogP contribution in [0.25, 0.3) is 0 Å². The van der Waals surface area contributed by atoms with Crippen molar-refractivity contribution in [2.75, 3.05) is 11.9 Å². The molecule has 1 heterocycles. The fourth-order valence-electron chi connectivity index (χ4n) is 1.19. The molecule has 1 rings (SSSR count). The molecule has 0 atom stereocenters. The summed E-state index contributed by atoms with van der Waals surface area (Å²) in [6, 6.07) is 3.92. The van der Waals surface area contributed by atoms with E-state index in [4.69, 9.17) is 0 Å². The number of anilines is 1. The van der Waals surface area contributed by atoms with Crippen LogP contribution in [0.4, 0.5) is 5.82 Å². The number of hydrogen-bond acceptors (Lipinski definition) is 4. The van der Waals surface area contributed by atoms with Crippen molar-refractivity contribution in [3.8, 4) is 0 Å². The van der Waals surface area contributed by atoms with E-state index in [-0.39, 0.29) is 11.9 Å². The Kier molecular flexibility index (Phi) is 4.69. The topological polar surface area (TPSA) is 66.9 Å². The number of hydrogen-bond donors (Lipinski definition) is 2. The molecule has 5 heteroatoms. The molecule has 5 nitrogen and oxygen atoms in total. The Labute approximate surface area is 95.7 Å². The van der Waals surface area contributed by atoms with Crippen LogP contribution in [0.2, 0.25) is 0 Å². The second-order valence-corrected chi connectivity index (χ2v) is 3.96. The number of carbonyl (C=O) groups is 1. The minimum atomic E-state index is 0.0440. The molecule has 2 N–H and O–H groups in total. The number of amides is 1. The Morgan fingerprint density at radius 2 is 2.12 bits per heavy atom. The minimum Gasteiger partial charge on any atom is -0.368 e. The van der Waals surface area contributed by atoms with Crippen LogP contribution in [-0.2, 0) is 4.79 Å². The Morgan fingerprint density at radius 3 is 2.69 bits per heavy atom. The molecule has 1 aromatic heterocycles. The highest BCUT2D eigenvalue weighted by atomic mass is 16.1. The summed E-state index contributed by atoms with van der Waals surface area (Å²) in [5.74, 6) is 0.741. The lowest BCUT2D eigenvalue weighted by Gasteiger charge is -2.08. The third-order valence-electron chi connectivity index (χ3n) is 1.91. The van der Waals surface area contributed by atoms with E-state index in [0.29, 0.717) is 18.8 Å². The summed E-state index contributed by atoms with van der Waals surface area (Å²) < 4.78 is 0. The van der Waals surface area contributed by atoms with Crippen LogP contribution in [0, 0.1) is 6.92 Å². The zero-order valence-electron chi connectivity index (χ0n) is 9.95. The number of nitrogens with zero attached hydrogens (tertiary/aromatic N) is 2. The lowest BCUT2D eigenvalue weighted by atomic mass is 10.3. The van der Waals surface area contributed by atoms with E-state index in [9.17, 15) is 4.79 Å². The van der Waals surface area contributed by atoms with E-state index in [1.54, 1.807) is 0 Å². The van der Waals surface area contributed by atoms with Crippen LogP contribution >= 0.6 is 0 Å². The molecule has 88 valence electrons. The van der Waals surface area contributed by atoms with E-state index < -0.39 is 0 Å².